The molecule has 2 aromatic rings. The first kappa shape index (κ1) is 14.3. The maximum absolute atomic E-state index is 12.1. The molecule has 0 saturated heterocycles. The highest BCUT2D eigenvalue weighted by molar-refractivity contribution is 9.11. The Labute approximate surface area is 134 Å². The van der Waals surface area contributed by atoms with Crippen LogP contribution in [0.25, 0.3) is 0 Å². The number of Topliss-reactive ketones (excluding diaryl/α,β-unsaturated/α-hetero) is 1. The van der Waals surface area contributed by atoms with E-state index < -0.39 is 0 Å². The third-order valence-corrected chi connectivity index (χ3v) is 5.89. The zero-order chi connectivity index (χ0) is 13.9. The fraction of sp³-hybridized carbons (Fsp3) is 0.462. The van der Waals surface area contributed by atoms with Gasteiger partial charge in [-0.05, 0) is 40.9 Å². The molecule has 0 N–H and O–H groups in total. The van der Waals surface area contributed by atoms with E-state index in [4.69, 9.17) is 0 Å². The van der Waals surface area contributed by atoms with Crippen molar-refractivity contribution in [2.24, 2.45) is 0 Å². The van der Waals surface area contributed by atoms with Crippen LogP contribution in [0.15, 0.2) is 21.1 Å². The number of carbonyl (C=O) groups is 1. The van der Waals surface area contributed by atoms with Gasteiger partial charge >= 0.3 is 0 Å². The number of carbonyl (C=O) groups excluding carboxylic acids is 1. The smallest absolute Gasteiger partial charge is 0.191 e. The molecule has 1 aliphatic rings. The standard InChI is InChI=1S/C13H14BrN3OS2/c14-11-6-5-10(20-11)9(18)8-19-13-16-15-12-4-2-1-3-7-17(12)13/h5-6H,1-4,7-8H2. The number of fused-ring (bicyclic) bond motifs is 1. The van der Waals surface area contributed by atoms with Crippen LogP contribution in [-0.4, -0.2) is 26.3 Å². The van der Waals surface area contributed by atoms with Crippen LogP contribution in [0.3, 0.4) is 0 Å². The Morgan fingerprint density at radius 2 is 2.25 bits per heavy atom. The van der Waals surface area contributed by atoms with E-state index in [0.717, 1.165) is 32.6 Å². The van der Waals surface area contributed by atoms with Crippen molar-refractivity contribution in [1.29, 1.82) is 0 Å². The number of ketones is 1. The largest absolute Gasteiger partial charge is 0.306 e. The first-order valence-electron chi connectivity index (χ1n) is 6.57. The van der Waals surface area contributed by atoms with E-state index in [9.17, 15) is 4.79 Å². The quantitative estimate of drug-likeness (QED) is 0.605. The van der Waals surface area contributed by atoms with E-state index in [0.29, 0.717) is 5.75 Å². The van der Waals surface area contributed by atoms with Crippen molar-refractivity contribution < 1.29 is 4.79 Å². The van der Waals surface area contributed by atoms with Crippen molar-refractivity contribution in [1.82, 2.24) is 14.8 Å². The highest BCUT2D eigenvalue weighted by Crippen LogP contribution is 2.26. The molecule has 0 bridgehead atoms. The van der Waals surface area contributed by atoms with Crippen LogP contribution in [0.2, 0.25) is 0 Å². The molecule has 3 heterocycles. The van der Waals surface area contributed by atoms with Crippen molar-refractivity contribution in [3.8, 4) is 0 Å². The van der Waals surface area contributed by atoms with Crippen LogP contribution in [0.1, 0.15) is 34.8 Å². The molecule has 0 unspecified atom stereocenters. The highest BCUT2D eigenvalue weighted by atomic mass is 79.9. The Morgan fingerprint density at radius 3 is 3.05 bits per heavy atom. The summed E-state index contributed by atoms with van der Waals surface area (Å²) in [5.74, 6) is 1.64. The van der Waals surface area contributed by atoms with Gasteiger partial charge in [-0.25, -0.2) is 0 Å². The summed E-state index contributed by atoms with van der Waals surface area (Å²) in [7, 11) is 0. The molecule has 20 heavy (non-hydrogen) atoms. The van der Waals surface area contributed by atoms with Gasteiger partial charge in [0.15, 0.2) is 10.9 Å². The van der Waals surface area contributed by atoms with Crippen molar-refractivity contribution >= 4 is 44.8 Å². The molecule has 0 fully saturated rings. The van der Waals surface area contributed by atoms with Crippen LogP contribution in [0.4, 0.5) is 0 Å². The molecular weight excluding hydrogens is 358 g/mol. The molecule has 106 valence electrons. The molecule has 3 rings (SSSR count). The lowest BCUT2D eigenvalue weighted by atomic mass is 10.2. The molecule has 0 radical (unpaired) electrons. The Hall–Kier alpha value is -0.660. The second kappa shape index (κ2) is 6.41. The molecular formula is C13H14BrN3OS2. The number of hydrogen-bond acceptors (Lipinski definition) is 5. The van der Waals surface area contributed by atoms with E-state index in [2.05, 4.69) is 30.7 Å². The normalized spacial score (nSPS) is 14.8. The Kier molecular flexibility index (Phi) is 4.58. The van der Waals surface area contributed by atoms with E-state index >= 15 is 0 Å². The average Bonchev–Trinajstić information content (AvgIpc) is 2.96. The van der Waals surface area contributed by atoms with Gasteiger partial charge in [-0.3, -0.25) is 4.79 Å². The summed E-state index contributed by atoms with van der Waals surface area (Å²) in [6, 6.07) is 3.77. The Morgan fingerprint density at radius 1 is 1.35 bits per heavy atom. The number of thiophene rings is 1. The third kappa shape index (κ3) is 3.15. The number of thioether (sulfide) groups is 1. The SMILES string of the molecule is O=C(CSc1nnc2n1CCCCC2)c1ccc(Br)s1. The maximum atomic E-state index is 12.1. The second-order valence-electron chi connectivity index (χ2n) is 4.68. The van der Waals surface area contributed by atoms with Crippen LogP contribution in [-0.2, 0) is 13.0 Å². The number of aromatic nitrogens is 3. The lowest BCUT2D eigenvalue weighted by Gasteiger charge is -2.05. The minimum absolute atomic E-state index is 0.150. The van der Waals surface area contributed by atoms with Crippen molar-refractivity contribution in [3.05, 3.63) is 26.6 Å². The molecule has 2 aromatic heterocycles. The van der Waals surface area contributed by atoms with Gasteiger partial charge in [0.1, 0.15) is 5.82 Å². The van der Waals surface area contributed by atoms with Gasteiger partial charge in [0.05, 0.1) is 14.4 Å². The fourth-order valence-electron chi connectivity index (χ4n) is 2.23. The highest BCUT2D eigenvalue weighted by Gasteiger charge is 2.17. The van der Waals surface area contributed by atoms with Crippen LogP contribution in [0.5, 0.6) is 0 Å². The molecule has 0 aliphatic carbocycles. The van der Waals surface area contributed by atoms with E-state index in [-0.39, 0.29) is 5.78 Å². The Balaban J connectivity index is 1.67. The van der Waals surface area contributed by atoms with E-state index in [1.165, 1.54) is 42.4 Å². The summed E-state index contributed by atoms with van der Waals surface area (Å²) >= 11 is 6.35. The first-order chi connectivity index (χ1) is 9.74. The number of aryl methyl sites for hydroxylation is 1. The zero-order valence-corrected chi connectivity index (χ0v) is 14.1. The molecule has 4 nitrogen and oxygen atoms in total. The lowest BCUT2D eigenvalue weighted by Crippen LogP contribution is -2.05. The molecule has 0 atom stereocenters. The minimum atomic E-state index is 0.150. The van der Waals surface area contributed by atoms with Gasteiger partial charge in [0, 0.05) is 13.0 Å². The van der Waals surface area contributed by atoms with Gasteiger partial charge in [0.25, 0.3) is 0 Å². The number of rotatable bonds is 4. The summed E-state index contributed by atoms with van der Waals surface area (Å²) in [4.78, 5) is 12.9. The van der Waals surface area contributed by atoms with Crippen LogP contribution < -0.4 is 0 Å². The Bertz CT molecular complexity index is 623. The van der Waals surface area contributed by atoms with Crippen LogP contribution in [0, 0.1) is 0 Å². The molecule has 1 aliphatic heterocycles. The topological polar surface area (TPSA) is 47.8 Å². The average molecular weight is 372 g/mol. The van der Waals surface area contributed by atoms with E-state index in [1.807, 2.05) is 12.1 Å². The van der Waals surface area contributed by atoms with Gasteiger partial charge in [-0.2, -0.15) is 0 Å². The minimum Gasteiger partial charge on any atom is -0.306 e. The van der Waals surface area contributed by atoms with Crippen molar-refractivity contribution in [3.63, 3.8) is 0 Å². The molecule has 7 heteroatoms. The van der Waals surface area contributed by atoms with Crippen LogP contribution >= 0.6 is 39.0 Å². The predicted molar refractivity (Wildman–Crippen MR) is 84.7 cm³/mol. The van der Waals surface area contributed by atoms with Crippen molar-refractivity contribution in [2.45, 2.75) is 37.4 Å². The number of hydrogen-bond donors (Lipinski definition) is 0. The summed E-state index contributed by atoms with van der Waals surface area (Å²) in [6.45, 7) is 0.976. The van der Waals surface area contributed by atoms with Gasteiger partial charge in [-0.1, -0.05) is 18.2 Å². The van der Waals surface area contributed by atoms with Gasteiger partial charge in [-0.15, -0.1) is 21.5 Å². The van der Waals surface area contributed by atoms with Crippen molar-refractivity contribution in [2.75, 3.05) is 5.75 Å². The van der Waals surface area contributed by atoms with E-state index in [1.54, 1.807) is 0 Å². The number of halogens is 1. The predicted octanol–water partition coefficient (Wildman–Crippen LogP) is 3.80. The fourth-order valence-corrected chi connectivity index (χ4v) is 4.51. The summed E-state index contributed by atoms with van der Waals surface area (Å²) in [6.07, 6.45) is 4.60. The first-order valence-corrected chi connectivity index (χ1v) is 9.17. The zero-order valence-electron chi connectivity index (χ0n) is 10.8. The maximum Gasteiger partial charge on any atom is 0.191 e. The monoisotopic (exact) mass is 371 g/mol. The third-order valence-electron chi connectivity index (χ3n) is 3.26. The summed E-state index contributed by atoms with van der Waals surface area (Å²) in [5.41, 5.74) is 0. The molecule has 0 saturated carbocycles. The number of nitrogens with zero attached hydrogens (tertiary/aromatic N) is 3. The molecule has 0 aromatic carbocycles. The molecule has 0 amide bonds. The summed E-state index contributed by atoms with van der Waals surface area (Å²) in [5, 5.41) is 9.36. The van der Waals surface area contributed by atoms with Gasteiger partial charge < -0.3 is 4.57 Å². The van der Waals surface area contributed by atoms with Gasteiger partial charge in [0.2, 0.25) is 0 Å². The molecule has 0 spiro atoms. The lowest BCUT2D eigenvalue weighted by molar-refractivity contribution is 0.102. The second-order valence-corrected chi connectivity index (χ2v) is 8.08. The summed E-state index contributed by atoms with van der Waals surface area (Å²) < 4.78 is 3.16.